The lowest BCUT2D eigenvalue weighted by atomic mass is 9.98. The second-order valence-corrected chi connectivity index (χ2v) is 13.6. The van der Waals surface area contributed by atoms with Gasteiger partial charge in [0.15, 0.2) is 0 Å². The predicted octanol–water partition coefficient (Wildman–Crippen LogP) is 3.86. The lowest BCUT2D eigenvalue weighted by molar-refractivity contribution is -0.132. The number of phenols is 1. The van der Waals surface area contributed by atoms with Crippen LogP contribution in [0.4, 0.5) is 4.79 Å². The summed E-state index contributed by atoms with van der Waals surface area (Å²) in [7, 11) is 0. The average Bonchev–Trinajstić information content (AvgIpc) is 3.50. The van der Waals surface area contributed by atoms with Crippen molar-refractivity contribution >= 4 is 29.7 Å². The summed E-state index contributed by atoms with van der Waals surface area (Å²) in [4.78, 5) is 67.0. The summed E-state index contributed by atoms with van der Waals surface area (Å²) >= 11 is 0. The number of phenolic OH excluding ortho intramolecular Hbond substituents is 1. The van der Waals surface area contributed by atoms with Crippen LogP contribution in [0.25, 0.3) is 11.1 Å². The van der Waals surface area contributed by atoms with Gasteiger partial charge in [0, 0.05) is 38.3 Å². The van der Waals surface area contributed by atoms with E-state index in [2.05, 4.69) is 26.6 Å². The molecule has 280 valence electrons. The van der Waals surface area contributed by atoms with Crippen molar-refractivity contribution in [3.8, 4) is 16.9 Å². The second kappa shape index (κ2) is 18.0. The van der Waals surface area contributed by atoms with Crippen LogP contribution < -0.4 is 26.6 Å². The molecule has 1 aliphatic heterocycles. The molecule has 1 heterocycles. The summed E-state index contributed by atoms with van der Waals surface area (Å²) in [6, 6.07) is 28.3. The first-order valence-corrected chi connectivity index (χ1v) is 18.3. The largest absolute Gasteiger partial charge is 0.508 e. The molecule has 0 saturated carbocycles. The van der Waals surface area contributed by atoms with Crippen LogP contribution in [0.2, 0.25) is 0 Å². The van der Waals surface area contributed by atoms with E-state index in [1.807, 2.05) is 78.9 Å². The normalized spacial score (nSPS) is 18.4. The summed E-state index contributed by atoms with van der Waals surface area (Å²) < 4.78 is 5.78. The smallest absolute Gasteiger partial charge is 0.407 e. The molecule has 5 amide bonds. The van der Waals surface area contributed by atoms with E-state index < -0.39 is 41.9 Å². The molecule has 12 nitrogen and oxygen atoms in total. The van der Waals surface area contributed by atoms with Crippen LogP contribution in [0.15, 0.2) is 103 Å². The summed E-state index contributed by atoms with van der Waals surface area (Å²) in [5.74, 6) is -1.98. The minimum atomic E-state index is -1.10. The van der Waals surface area contributed by atoms with E-state index in [4.69, 9.17) is 4.74 Å². The molecule has 0 unspecified atom stereocenters. The predicted molar refractivity (Wildman–Crippen MR) is 202 cm³/mol. The fraction of sp³-hybridized carbons (Fsp3) is 0.310. The molecule has 6 rings (SSSR count). The number of aromatic hydroxyl groups is 1. The Hall–Kier alpha value is -6.17. The molecule has 0 bridgehead atoms. The quantitative estimate of drug-likeness (QED) is 0.152. The van der Waals surface area contributed by atoms with E-state index in [-0.39, 0.29) is 56.4 Å². The number of carbonyl (C=O) groups is 5. The van der Waals surface area contributed by atoms with Crippen LogP contribution in [0.1, 0.15) is 53.9 Å². The molecular formula is C42H45N5O7. The third kappa shape index (κ3) is 9.82. The maximum absolute atomic E-state index is 14.1. The number of amides is 5. The zero-order chi connectivity index (χ0) is 37.9. The first-order chi connectivity index (χ1) is 26.2. The molecular weight excluding hydrogens is 686 g/mol. The van der Waals surface area contributed by atoms with E-state index in [9.17, 15) is 29.1 Å². The van der Waals surface area contributed by atoms with Gasteiger partial charge in [0.1, 0.15) is 30.5 Å². The molecule has 0 radical (unpaired) electrons. The molecule has 1 fully saturated rings. The van der Waals surface area contributed by atoms with Crippen molar-refractivity contribution in [1.29, 1.82) is 0 Å². The number of benzene rings is 4. The number of hydrogen-bond acceptors (Lipinski definition) is 7. The number of fused-ring (bicyclic) bond motifs is 3. The van der Waals surface area contributed by atoms with Crippen molar-refractivity contribution < 1.29 is 33.8 Å². The maximum atomic E-state index is 14.1. The number of ether oxygens (including phenoxy) is 1. The Balaban J connectivity index is 1.17. The van der Waals surface area contributed by atoms with Gasteiger partial charge < -0.3 is 36.4 Å². The van der Waals surface area contributed by atoms with Crippen LogP contribution in [0.3, 0.4) is 0 Å². The number of nitrogens with one attached hydrogen (secondary N) is 5. The van der Waals surface area contributed by atoms with Gasteiger partial charge in [-0.05, 0) is 64.8 Å². The highest BCUT2D eigenvalue weighted by Gasteiger charge is 2.32. The standard InChI is InChI=1S/C42H45N5O7/c48-29-19-17-28(18-20-29)25-36-39(50)44-23-21-38(49)43-22-9-8-16-35(40(51)46-36)45-41(52)37(24-27-10-2-1-3-11-27)47-42(53)54-26-34-32-14-6-4-12-30(32)31-13-5-7-15-33(31)34/h1-7,10-15,17-20,34-37,48H,8-9,16,21-26H2,(H,43,49)(H,44,50)(H,45,52)(H,46,51)(H,47,53)/t35-,36-,37+/m0/s1. The monoisotopic (exact) mass is 731 g/mol. The number of rotatable bonds is 9. The highest BCUT2D eigenvalue weighted by Crippen LogP contribution is 2.44. The maximum Gasteiger partial charge on any atom is 0.407 e. The van der Waals surface area contributed by atoms with Gasteiger partial charge in [-0.2, -0.15) is 0 Å². The molecule has 54 heavy (non-hydrogen) atoms. The summed E-state index contributed by atoms with van der Waals surface area (Å²) in [5.41, 5.74) is 5.77. The van der Waals surface area contributed by atoms with Crippen LogP contribution in [0.5, 0.6) is 5.75 Å². The topological polar surface area (TPSA) is 175 Å². The van der Waals surface area contributed by atoms with Crippen molar-refractivity contribution in [1.82, 2.24) is 26.6 Å². The number of carbonyl (C=O) groups excluding carboxylic acids is 5. The van der Waals surface area contributed by atoms with E-state index in [0.29, 0.717) is 24.9 Å². The van der Waals surface area contributed by atoms with Gasteiger partial charge in [0.05, 0.1) is 0 Å². The summed E-state index contributed by atoms with van der Waals surface area (Å²) in [6.07, 6.45) is 0.794. The first-order valence-electron chi connectivity index (χ1n) is 18.3. The van der Waals surface area contributed by atoms with Crippen molar-refractivity contribution in [2.24, 2.45) is 0 Å². The first kappa shape index (κ1) is 37.6. The van der Waals surface area contributed by atoms with Crippen LogP contribution in [0, 0.1) is 0 Å². The molecule has 1 aliphatic carbocycles. The van der Waals surface area contributed by atoms with Gasteiger partial charge in [0.25, 0.3) is 0 Å². The highest BCUT2D eigenvalue weighted by atomic mass is 16.5. The molecule has 2 aliphatic rings. The minimum absolute atomic E-state index is 0.0591. The average molecular weight is 732 g/mol. The Bertz CT molecular complexity index is 1910. The summed E-state index contributed by atoms with van der Waals surface area (Å²) in [5, 5.41) is 23.7. The van der Waals surface area contributed by atoms with Gasteiger partial charge >= 0.3 is 6.09 Å². The van der Waals surface area contributed by atoms with Crippen LogP contribution in [-0.4, -0.2) is 72.7 Å². The molecule has 6 N–H and O–H groups in total. The Morgan fingerprint density at radius 2 is 1.43 bits per heavy atom. The van der Waals surface area contributed by atoms with Crippen LogP contribution >= 0.6 is 0 Å². The number of hydrogen-bond donors (Lipinski definition) is 6. The van der Waals surface area contributed by atoms with Crippen LogP contribution in [-0.2, 0) is 36.8 Å². The lowest BCUT2D eigenvalue weighted by Crippen LogP contribution is -2.57. The SMILES string of the molecule is O=C1CCNC(=O)[C@H](Cc2ccc(O)cc2)NC(=O)[C@@H](NC(=O)[C@@H](Cc2ccccc2)NC(=O)OCC2c3ccccc3-c3ccccc32)CCCCN1. The molecule has 4 aromatic rings. The zero-order valence-electron chi connectivity index (χ0n) is 29.9. The van der Waals surface area contributed by atoms with Crippen molar-refractivity contribution in [2.75, 3.05) is 19.7 Å². The van der Waals surface area contributed by atoms with E-state index in [1.54, 1.807) is 12.1 Å². The second-order valence-electron chi connectivity index (χ2n) is 13.6. The van der Waals surface area contributed by atoms with E-state index >= 15 is 0 Å². The van der Waals surface area contributed by atoms with Gasteiger partial charge in [-0.3, -0.25) is 19.2 Å². The zero-order valence-corrected chi connectivity index (χ0v) is 29.9. The Morgan fingerprint density at radius 3 is 2.13 bits per heavy atom. The third-order valence-electron chi connectivity index (χ3n) is 9.77. The van der Waals surface area contributed by atoms with Crippen molar-refractivity contribution in [3.63, 3.8) is 0 Å². The van der Waals surface area contributed by atoms with E-state index in [0.717, 1.165) is 27.8 Å². The lowest BCUT2D eigenvalue weighted by Gasteiger charge is -2.26. The van der Waals surface area contributed by atoms with Gasteiger partial charge in [-0.1, -0.05) is 91.0 Å². The molecule has 4 aromatic carbocycles. The number of alkyl carbamates (subject to hydrolysis) is 1. The fourth-order valence-corrected chi connectivity index (χ4v) is 6.94. The Labute approximate surface area is 314 Å². The molecule has 0 spiro atoms. The van der Waals surface area contributed by atoms with Crippen molar-refractivity contribution in [2.45, 2.75) is 62.6 Å². The highest BCUT2D eigenvalue weighted by molar-refractivity contribution is 5.94. The molecule has 12 heteroatoms. The minimum Gasteiger partial charge on any atom is -0.508 e. The Kier molecular flexibility index (Phi) is 12.6. The Morgan fingerprint density at radius 1 is 0.759 bits per heavy atom. The van der Waals surface area contributed by atoms with Crippen molar-refractivity contribution in [3.05, 3.63) is 125 Å². The summed E-state index contributed by atoms with van der Waals surface area (Å²) in [6.45, 7) is 0.513. The third-order valence-corrected chi connectivity index (χ3v) is 9.77. The van der Waals surface area contributed by atoms with Gasteiger partial charge in [0.2, 0.25) is 23.6 Å². The molecule has 1 saturated heterocycles. The van der Waals surface area contributed by atoms with E-state index in [1.165, 1.54) is 12.1 Å². The fourth-order valence-electron chi connectivity index (χ4n) is 6.94. The van der Waals surface area contributed by atoms with Gasteiger partial charge in [-0.15, -0.1) is 0 Å². The molecule has 0 aromatic heterocycles. The molecule has 3 atom stereocenters. The van der Waals surface area contributed by atoms with Gasteiger partial charge in [-0.25, -0.2) is 4.79 Å².